The SMILES string of the molecule is CCCCOc1ccc(N=C(NO)c2cc(F)ccc2C=O)cc1. The second-order valence-electron chi connectivity index (χ2n) is 5.12. The first-order valence-corrected chi connectivity index (χ1v) is 7.64. The highest BCUT2D eigenvalue weighted by atomic mass is 19.1. The van der Waals surface area contributed by atoms with Crippen LogP contribution in [0.2, 0.25) is 0 Å². The summed E-state index contributed by atoms with van der Waals surface area (Å²) in [6.45, 7) is 2.74. The maximum absolute atomic E-state index is 13.4. The van der Waals surface area contributed by atoms with Crippen molar-refractivity contribution >= 4 is 17.8 Å². The Morgan fingerprint density at radius 1 is 1.29 bits per heavy atom. The van der Waals surface area contributed by atoms with E-state index in [-0.39, 0.29) is 17.0 Å². The number of rotatable bonds is 7. The van der Waals surface area contributed by atoms with Gasteiger partial charge in [0.1, 0.15) is 11.6 Å². The summed E-state index contributed by atoms with van der Waals surface area (Å²) in [7, 11) is 0. The number of aliphatic imine (C=N–C) groups is 1. The van der Waals surface area contributed by atoms with Gasteiger partial charge in [0, 0.05) is 11.1 Å². The highest BCUT2D eigenvalue weighted by Gasteiger charge is 2.10. The molecule has 2 aromatic rings. The highest BCUT2D eigenvalue weighted by molar-refractivity contribution is 6.05. The predicted molar refractivity (Wildman–Crippen MR) is 89.8 cm³/mol. The minimum absolute atomic E-state index is 0.0174. The molecule has 0 atom stereocenters. The van der Waals surface area contributed by atoms with Crippen LogP contribution in [-0.4, -0.2) is 23.9 Å². The number of nitrogens with zero attached hydrogens (tertiary/aromatic N) is 1. The monoisotopic (exact) mass is 330 g/mol. The van der Waals surface area contributed by atoms with Crippen LogP contribution in [0.3, 0.4) is 0 Å². The second kappa shape index (κ2) is 8.79. The molecule has 0 heterocycles. The molecule has 0 saturated carbocycles. The lowest BCUT2D eigenvalue weighted by atomic mass is 10.1. The van der Waals surface area contributed by atoms with Crippen molar-refractivity contribution in [1.29, 1.82) is 0 Å². The lowest BCUT2D eigenvalue weighted by molar-refractivity contribution is 0.112. The van der Waals surface area contributed by atoms with Gasteiger partial charge in [0.05, 0.1) is 12.3 Å². The van der Waals surface area contributed by atoms with Crippen LogP contribution >= 0.6 is 0 Å². The number of halogens is 1. The van der Waals surface area contributed by atoms with Gasteiger partial charge in [0.25, 0.3) is 0 Å². The van der Waals surface area contributed by atoms with Crippen molar-refractivity contribution < 1.29 is 19.1 Å². The van der Waals surface area contributed by atoms with Crippen molar-refractivity contribution in [3.05, 3.63) is 59.4 Å². The molecular formula is C18H19FN2O3. The molecule has 126 valence electrons. The van der Waals surface area contributed by atoms with Gasteiger partial charge in [-0.2, -0.15) is 0 Å². The van der Waals surface area contributed by atoms with E-state index in [1.165, 1.54) is 12.1 Å². The van der Waals surface area contributed by atoms with Gasteiger partial charge in [-0.3, -0.25) is 15.5 Å². The minimum Gasteiger partial charge on any atom is -0.494 e. The molecule has 0 fully saturated rings. The highest BCUT2D eigenvalue weighted by Crippen LogP contribution is 2.20. The summed E-state index contributed by atoms with van der Waals surface area (Å²) in [6.07, 6.45) is 2.61. The van der Waals surface area contributed by atoms with Crippen molar-refractivity contribution in [3.63, 3.8) is 0 Å². The van der Waals surface area contributed by atoms with E-state index in [2.05, 4.69) is 11.9 Å². The number of aldehydes is 1. The van der Waals surface area contributed by atoms with Crippen molar-refractivity contribution in [2.45, 2.75) is 19.8 Å². The molecule has 5 nitrogen and oxygen atoms in total. The maximum Gasteiger partial charge on any atom is 0.158 e. The number of carbonyl (C=O) groups is 1. The van der Waals surface area contributed by atoms with Gasteiger partial charge in [0.15, 0.2) is 12.1 Å². The van der Waals surface area contributed by atoms with Crippen LogP contribution in [0.5, 0.6) is 5.75 Å². The fraction of sp³-hybridized carbons (Fsp3) is 0.222. The van der Waals surface area contributed by atoms with E-state index in [9.17, 15) is 14.4 Å². The van der Waals surface area contributed by atoms with Crippen molar-refractivity contribution in [3.8, 4) is 5.75 Å². The smallest absolute Gasteiger partial charge is 0.158 e. The molecule has 0 aliphatic carbocycles. The van der Waals surface area contributed by atoms with Gasteiger partial charge in [-0.15, -0.1) is 0 Å². The first kappa shape index (κ1) is 17.6. The molecule has 0 spiro atoms. The molecule has 2 aromatic carbocycles. The quantitative estimate of drug-likeness (QED) is 0.266. The Hall–Kier alpha value is -2.73. The van der Waals surface area contributed by atoms with E-state index in [0.717, 1.165) is 24.7 Å². The molecule has 0 saturated heterocycles. The topological polar surface area (TPSA) is 70.9 Å². The van der Waals surface area contributed by atoms with Gasteiger partial charge >= 0.3 is 0 Å². The van der Waals surface area contributed by atoms with Crippen LogP contribution in [0.1, 0.15) is 35.7 Å². The second-order valence-corrected chi connectivity index (χ2v) is 5.12. The average Bonchev–Trinajstić information content (AvgIpc) is 2.61. The zero-order valence-corrected chi connectivity index (χ0v) is 13.3. The van der Waals surface area contributed by atoms with Gasteiger partial charge < -0.3 is 4.74 Å². The number of hydroxylamine groups is 1. The number of amidine groups is 1. The van der Waals surface area contributed by atoms with Crippen molar-refractivity contribution in [2.24, 2.45) is 4.99 Å². The van der Waals surface area contributed by atoms with Crippen LogP contribution in [0.4, 0.5) is 10.1 Å². The molecule has 0 aliphatic heterocycles. The molecule has 0 aromatic heterocycles. The minimum atomic E-state index is -0.529. The summed E-state index contributed by atoms with van der Waals surface area (Å²) in [4.78, 5) is 15.3. The molecule has 0 aliphatic rings. The summed E-state index contributed by atoms with van der Waals surface area (Å²) < 4.78 is 19.0. The van der Waals surface area contributed by atoms with Crippen molar-refractivity contribution in [2.75, 3.05) is 6.61 Å². The number of nitrogens with one attached hydrogen (secondary N) is 1. The van der Waals surface area contributed by atoms with E-state index in [0.29, 0.717) is 18.6 Å². The van der Waals surface area contributed by atoms with Gasteiger partial charge in [-0.05, 0) is 48.9 Å². The Morgan fingerprint density at radius 3 is 2.67 bits per heavy atom. The van der Waals surface area contributed by atoms with E-state index >= 15 is 0 Å². The van der Waals surface area contributed by atoms with Crippen LogP contribution in [-0.2, 0) is 0 Å². The Balaban J connectivity index is 2.24. The first-order valence-electron chi connectivity index (χ1n) is 7.64. The Bertz CT molecular complexity index is 715. The molecule has 24 heavy (non-hydrogen) atoms. The molecule has 0 bridgehead atoms. The lowest BCUT2D eigenvalue weighted by Gasteiger charge is -2.09. The summed E-state index contributed by atoms with van der Waals surface area (Å²) in [5.74, 6) is 0.176. The van der Waals surface area contributed by atoms with Crippen LogP contribution in [0.25, 0.3) is 0 Å². The van der Waals surface area contributed by atoms with Gasteiger partial charge in [-0.1, -0.05) is 13.3 Å². The third-order valence-electron chi connectivity index (χ3n) is 3.35. The molecule has 2 N–H and O–H groups in total. The molecule has 0 unspecified atom stereocenters. The number of ether oxygens (including phenoxy) is 1. The van der Waals surface area contributed by atoms with Crippen molar-refractivity contribution in [1.82, 2.24) is 5.48 Å². The number of hydrogen-bond donors (Lipinski definition) is 2. The molecule has 2 rings (SSSR count). The third-order valence-corrected chi connectivity index (χ3v) is 3.35. The standard InChI is InChI=1S/C18H19FN2O3/c1-2-3-10-24-16-8-6-15(7-9-16)20-18(21-23)17-11-14(19)5-4-13(17)12-22/h4-9,11-12,23H,2-3,10H2,1H3,(H,20,21). The number of hydrogen-bond acceptors (Lipinski definition) is 4. The largest absolute Gasteiger partial charge is 0.494 e. The summed E-state index contributed by atoms with van der Waals surface area (Å²) in [6, 6.07) is 10.6. The fourth-order valence-electron chi connectivity index (χ4n) is 2.06. The molecule has 0 amide bonds. The third kappa shape index (κ3) is 4.63. The van der Waals surface area contributed by atoms with E-state index < -0.39 is 5.82 Å². The van der Waals surface area contributed by atoms with Crippen LogP contribution in [0, 0.1) is 5.82 Å². The molecular weight excluding hydrogens is 311 g/mol. The van der Waals surface area contributed by atoms with Crippen LogP contribution < -0.4 is 10.2 Å². The summed E-state index contributed by atoms with van der Waals surface area (Å²) in [5.41, 5.74) is 2.84. The van der Waals surface area contributed by atoms with Crippen LogP contribution in [0.15, 0.2) is 47.5 Å². The van der Waals surface area contributed by atoms with E-state index in [4.69, 9.17) is 4.74 Å². The van der Waals surface area contributed by atoms with E-state index in [1.807, 2.05) is 5.48 Å². The molecule has 0 radical (unpaired) electrons. The Labute approximate surface area is 139 Å². The van der Waals surface area contributed by atoms with Gasteiger partial charge in [-0.25, -0.2) is 9.38 Å². The summed E-state index contributed by atoms with van der Waals surface area (Å²) in [5, 5.41) is 9.31. The van der Waals surface area contributed by atoms with Gasteiger partial charge in [0.2, 0.25) is 0 Å². The predicted octanol–water partition coefficient (Wildman–Crippen LogP) is 3.87. The molecule has 6 heteroatoms. The maximum atomic E-state index is 13.4. The summed E-state index contributed by atoms with van der Waals surface area (Å²) >= 11 is 0. The zero-order valence-electron chi connectivity index (χ0n) is 13.3. The number of carbonyl (C=O) groups excluding carboxylic acids is 1. The number of unbranched alkanes of at least 4 members (excludes halogenated alkanes) is 1. The zero-order chi connectivity index (χ0) is 17.4. The Morgan fingerprint density at radius 2 is 2.04 bits per heavy atom. The lowest BCUT2D eigenvalue weighted by Crippen LogP contribution is -2.21. The number of benzene rings is 2. The van der Waals surface area contributed by atoms with E-state index in [1.54, 1.807) is 24.3 Å². The normalized spacial score (nSPS) is 11.2. The fourth-order valence-corrected chi connectivity index (χ4v) is 2.06. The first-order chi connectivity index (χ1) is 11.7. The Kier molecular flexibility index (Phi) is 6.45. The average molecular weight is 330 g/mol.